The molecule has 19 heavy (non-hydrogen) atoms. The van der Waals surface area contributed by atoms with E-state index in [4.69, 9.17) is 5.73 Å². The van der Waals surface area contributed by atoms with Crippen LogP contribution in [0.5, 0.6) is 0 Å². The highest BCUT2D eigenvalue weighted by Gasteiger charge is 2.36. The van der Waals surface area contributed by atoms with Gasteiger partial charge in [-0.15, -0.1) is 0 Å². The van der Waals surface area contributed by atoms with Gasteiger partial charge in [0, 0.05) is 21.5 Å². The summed E-state index contributed by atoms with van der Waals surface area (Å²) >= 11 is 2.27. The van der Waals surface area contributed by atoms with E-state index in [9.17, 15) is 5.11 Å². The molecule has 4 heteroatoms. The predicted octanol–water partition coefficient (Wildman–Crippen LogP) is 3.62. The average molecular weight is 374 g/mol. The third kappa shape index (κ3) is 3.99. The minimum absolute atomic E-state index is 0.377. The van der Waals surface area contributed by atoms with E-state index in [2.05, 4.69) is 41.8 Å². The Balaban J connectivity index is 1.95. The van der Waals surface area contributed by atoms with Crippen LogP contribution >= 0.6 is 22.6 Å². The summed E-state index contributed by atoms with van der Waals surface area (Å²) in [5.74, 6) is 0. The largest absolute Gasteiger partial charge is 0.399 e. The SMILES string of the molecule is CC1(C)CCC(O)(CNc2ccc(N)cc2I)CC1. The van der Waals surface area contributed by atoms with Crippen LogP contribution in [0.25, 0.3) is 0 Å². The van der Waals surface area contributed by atoms with Crippen LogP contribution < -0.4 is 11.1 Å². The minimum atomic E-state index is -0.569. The Kier molecular flexibility index (Phi) is 4.30. The highest BCUT2D eigenvalue weighted by molar-refractivity contribution is 14.1. The smallest absolute Gasteiger partial charge is 0.0819 e. The number of nitrogen functional groups attached to an aromatic ring is 1. The number of halogens is 1. The summed E-state index contributed by atoms with van der Waals surface area (Å²) in [4.78, 5) is 0. The molecule has 0 amide bonds. The molecule has 0 unspecified atom stereocenters. The Hall–Kier alpha value is -0.490. The zero-order valence-corrected chi connectivity index (χ0v) is 13.8. The first-order chi connectivity index (χ1) is 8.80. The number of nitrogens with two attached hydrogens (primary N) is 1. The van der Waals surface area contributed by atoms with Crippen LogP contribution in [0.15, 0.2) is 18.2 Å². The van der Waals surface area contributed by atoms with Crippen LogP contribution in [-0.4, -0.2) is 17.3 Å². The van der Waals surface area contributed by atoms with Crippen molar-refractivity contribution >= 4 is 34.0 Å². The third-order valence-electron chi connectivity index (χ3n) is 4.14. The van der Waals surface area contributed by atoms with E-state index in [0.29, 0.717) is 12.0 Å². The van der Waals surface area contributed by atoms with Gasteiger partial charge in [0.1, 0.15) is 0 Å². The first kappa shape index (κ1) is 14.9. The standard InChI is InChI=1S/C15H23IN2O/c1-14(2)5-7-15(19,8-6-14)10-18-13-4-3-11(17)9-12(13)16/h3-4,9,18-19H,5-8,10,17H2,1-2H3. The molecule has 1 aromatic carbocycles. The minimum Gasteiger partial charge on any atom is -0.399 e. The molecule has 1 saturated carbocycles. The summed E-state index contributed by atoms with van der Waals surface area (Å²) in [5, 5.41) is 14.0. The first-order valence-electron chi connectivity index (χ1n) is 6.81. The van der Waals surface area contributed by atoms with Crippen LogP contribution in [-0.2, 0) is 0 Å². The highest BCUT2D eigenvalue weighted by Crippen LogP contribution is 2.40. The van der Waals surface area contributed by atoms with Gasteiger partial charge in [0.2, 0.25) is 0 Å². The van der Waals surface area contributed by atoms with Gasteiger partial charge in [0.05, 0.1) is 5.60 Å². The van der Waals surface area contributed by atoms with Crippen molar-refractivity contribution < 1.29 is 5.11 Å². The van der Waals surface area contributed by atoms with Crippen molar-refractivity contribution in [3.8, 4) is 0 Å². The van der Waals surface area contributed by atoms with Gasteiger partial charge < -0.3 is 16.2 Å². The number of rotatable bonds is 3. The molecule has 1 aliphatic carbocycles. The van der Waals surface area contributed by atoms with Gasteiger partial charge in [-0.1, -0.05) is 13.8 Å². The van der Waals surface area contributed by atoms with Crippen LogP contribution in [0.3, 0.4) is 0 Å². The van der Waals surface area contributed by atoms with Crippen LogP contribution in [0.1, 0.15) is 39.5 Å². The van der Waals surface area contributed by atoms with Crippen LogP contribution in [0, 0.1) is 8.99 Å². The molecule has 1 aliphatic rings. The molecule has 0 bridgehead atoms. The molecule has 0 heterocycles. The van der Waals surface area contributed by atoms with Crippen molar-refractivity contribution in [1.82, 2.24) is 0 Å². The highest BCUT2D eigenvalue weighted by atomic mass is 127. The van der Waals surface area contributed by atoms with Crippen molar-refractivity contribution in [2.24, 2.45) is 5.41 Å². The average Bonchev–Trinajstić information content (AvgIpc) is 2.33. The van der Waals surface area contributed by atoms with Gasteiger partial charge in [0.25, 0.3) is 0 Å². The van der Waals surface area contributed by atoms with Crippen molar-refractivity contribution in [3.63, 3.8) is 0 Å². The molecule has 4 N–H and O–H groups in total. The Labute approximate surface area is 129 Å². The summed E-state index contributed by atoms with van der Waals surface area (Å²) in [6.45, 7) is 5.18. The Bertz CT molecular complexity index is 449. The van der Waals surface area contributed by atoms with Crippen molar-refractivity contribution in [2.45, 2.75) is 45.1 Å². The number of hydrogen-bond donors (Lipinski definition) is 3. The van der Waals surface area contributed by atoms with E-state index in [1.54, 1.807) is 0 Å². The number of aliphatic hydroxyl groups is 1. The number of benzene rings is 1. The lowest BCUT2D eigenvalue weighted by Crippen LogP contribution is -2.42. The fourth-order valence-electron chi connectivity index (χ4n) is 2.50. The Morgan fingerprint density at radius 1 is 1.26 bits per heavy atom. The number of hydrogen-bond acceptors (Lipinski definition) is 3. The molecule has 0 saturated heterocycles. The molecule has 3 nitrogen and oxygen atoms in total. The second-order valence-electron chi connectivity index (χ2n) is 6.48. The number of anilines is 2. The molecule has 0 atom stereocenters. The van der Waals surface area contributed by atoms with Gasteiger partial charge in [-0.3, -0.25) is 0 Å². The lowest BCUT2D eigenvalue weighted by Gasteiger charge is -2.40. The zero-order chi connectivity index (χ0) is 14.1. The molecule has 2 rings (SSSR count). The predicted molar refractivity (Wildman–Crippen MR) is 89.3 cm³/mol. The lowest BCUT2D eigenvalue weighted by molar-refractivity contribution is -0.0145. The summed E-state index contributed by atoms with van der Waals surface area (Å²) in [5.41, 5.74) is 7.37. The fourth-order valence-corrected chi connectivity index (χ4v) is 3.23. The van der Waals surface area contributed by atoms with Crippen LogP contribution in [0.2, 0.25) is 0 Å². The molecular formula is C15H23IN2O. The number of nitrogens with one attached hydrogen (secondary N) is 1. The normalized spacial score (nSPS) is 21.1. The van der Waals surface area contributed by atoms with Crippen molar-refractivity contribution in [3.05, 3.63) is 21.8 Å². The zero-order valence-electron chi connectivity index (χ0n) is 11.7. The monoisotopic (exact) mass is 374 g/mol. The quantitative estimate of drug-likeness (QED) is 0.560. The molecule has 1 aromatic rings. The van der Waals surface area contributed by atoms with Crippen molar-refractivity contribution in [2.75, 3.05) is 17.6 Å². The van der Waals surface area contributed by atoms with Crippen molar-refractivity contribution in [1.29, 1.82) is 0 Å². The maximum atomic E-state index is 10.6. The van der Waals surface area contributed by atoms with E-state index in [0.717, 1.165) is 40.6 Å². The summed E-state index contributed by atoms with van der Waals surface area (Å²) in [6.07, 6.45) is 3.92. The van der Waals surface area contributed by atoms with Gasteiger partial charge in [-0.25, -0.2) is 0 Å². The molecule has 0 spiro atoms. The summed E-state index contributed by atoms with van der Waals surface area (Å²) in [7, 11) is 0. The second kappa shape index (κ2) is 5.48. The lowest BCUT2D eigenvalue weighted by atomic mass is 9.71. The van der Waals surface area contributed by atoms with E-state index in [-0.39, 0.29) is 0 Å². The molecule has 1 fully saturated rings. The van der Waals surface area contributed by atoms with Gasteiger partial charge >= 0.3 is 0 Å². The maximum absolute atomic E-state index is 10.6. The first-order valence-corrected chi connectivity index (χ1v) is 7.89. The summed E-state index contributed by atoms with van der Waals surface area (Å²) < 4.78 is 1.09. The molecule has 106 valence electrons. The topological polar surface area (TPSA) is 58.3 Å². The van der Waals surface area contributed by atoms with E-state index in [1.165, 1.54) is 0 Å². The Morgan fingerprint density at radius 3 is 2.47 bits per heavy atom. The second-order valence-corrected chi connectivity index (χ2v) is 7.64. The van der Waals surface area contributed by atoms with E-state index >= 15 is 0 Å². The molecular weight excluding hydrogens is 351 g/mol. The molecule has 0 radical (unpaired) electrons. The van der Waals surface area contributed by atoms with Gasteiger partial charge in [-0.2, -0.15) is 0 Å². The fraction of sp³-hybridized carbons (Fsp3) is 0.600. The molecule has 0 aliphatic heterocycles. The van der Waals surface area contributed by atoms with Gasteiger partial charge in [0.15, 0.2) is 0 Å². The third-order valence-corrected chi connectivity index (χ3v) is 5.03. The van der Waals surface area contributed by atoms with Crippen LogP contribution in [0.4, 0.5) is 11.4 Å². The van der Waals surface area contributed by atoms with E-state index in [1.807, 2.05) is 18.2 Å². The molecule has 0 aromatic heterocycles. The van der Waals surface area contributed by atoms with E-state index < -0.39 is 5.60 Å². The summed E-state index contributed by atoms with van der Waals surface area (Å²) in [6, 6.07) is 5.81. The van der Waals surface area contributed by atoms with Gasteiger partial charge in [-0.05, 0) is 71.9 Å². The maximum Gasteiger partial charge on any atom is 0.0819 e. The Morgan fingerprint density at radius 2 is 1.89 bits per heavy atom.